The van der Waals surface area contributed by atoms with Crippen molar-refractivity contribution in [2.75, 3.05) is 0 Å². The predicted molar refractivity (Wildman–Crippen MR) is 39.5 cm³/mol. The van der Waals surface area contributed by atoms with Crippen LogP contribution in [0.3, 0.4) is 0 Å². The monoisotopic (exact) mass is 175 g/mol. The molecule has 12 heavy (non-hydrogen) atoms. The fourth-order valence-electron chi connectivity index (χ4n) is 0.270. The van der Waals surface area contributed by atoms with Crippen molar-refractivity contribution in [1.82, 2.24) is 6.15 Å². The molecule has 0 aliphatic heterocycles. The van der Waals surface area contributed by atoms with Gasteiger partial charge in [-0.3, -0.25) is 0 Å². The quantitative estimate of drug-likeness (QED) is 0.295. The van der Waals surface area contributed by atoms with Gasteiger partial charge in [0.25, 0.3) is 0 Å². The van der Waals surface area contributed by atoms with Gasteiger partial charge in [0.2, 0.25) is 0 Å². The summed E-state index contributed by atoms with van der Waals surface area (Å²) < 4.78 is 0. The first kappa shape index (κ1) is 17.5. The van der Waals surface area contributed by atoms with Gasteiger partial charge in [-0.25, -0.2) is 9.59 Å². The molecular weight excluding hydrogens is 165 g/mol. The van der Waals surface area contributed by atoms with Gasteiger partial charge in [-0.05, 0) is 0 Å². The number of aliphatic hydroxyl groups is 2. The fourth-order valence-corrected chi connectivity index (χ4v) is 0.270. The van der Waals surface area contributed by atoms with Gasteiger partial charge >= 0.3 is 30.8 Å². The molecule has 2 atom stereocenters. The van der Waals surface area contributed by atoms with Crippen LogP contribution in [0.1, 0.15) is 0 Å². The molecule has 7 N–H and O–H groups in total. The Bertz CT molecular complexity index is 144. The molecule has 0 aromatic heterocycles. The summed E-state index contributed by atoms with van der Waals surface area (Å²) >= 11 is 0. The van der Waals surface area contributed by atoms with Crippen molar-refractivity contribution in [2.24, 2.45) is 0 Å². The molecule has 0 radical (unpaired) electrons. The molecule has 0 aromatic carbocycles. The minimum atomic E-state index is -2.27. The minimum absolute atomic E-state index is 0. The van der Waals surface area contributed by atoms with Gasteiger partial charge < -0.3 is 26.6 Å². The maximum absolute atomic E-state index is 9.77. The number of carbonyl (C=O) groups is 2. The van der Waals surface area contributed by atoms with Crippen LogP contribution < -0.4 is 6.15 Å². The first-order valence-corrected chi connectivity index (χ1v) is 2.28. The van der Waals surface area contributed by atoms with E-state index in [0.29, 0.717) is 0 Å². The molecule has 0 aromatic rings. The zero-order chi connectivity index (χ0) is 8.31. The van der Waals surface area contributed by atoms with Crippen molar-refractivity contribution in [3.05, 3.63) is 0 Å². The van der Waals surface area contributed by atoms with Gasteiger partial charge in [-0.1, -0.05) is 0 Å². The van der Waals surface area contributed by atoms with Crippen LogP contribution in [0.5, 0.6) is 0 Å². The number of hydrogen-bond acceptors (Lipinski definition) is 5. The van der Waals surface area contributed by atoms with Crippen molar-refractivity contribution in [2.45, 2.75) is 12.2 Å². The van der Waals surface area contributed by atoms with Crippen LogP contribution in [0, 0.1) is 0 Å². The third-order valence-electron chi connectivity index (χ3n) is 0.805. The molecule has 0 rings (SSSR count). The Kier molecular flexibility index (Phi) is 10.3. The predicted octanol–water partition coefficient (Wildman–Crippen LogP) is -2.61. The Hall–Kier alpha value is -0.583. The van der Waals surface area contributed by atoms with Gasteiger partial charge in [0.05, 0.1) is 0 Å². The zero-order valence-corrected chi connectivity index (χ0v) is 5.47. The molecule has 0 heterocycles. The summed E-state index contributed by atoms with van der Waals surface area (Å²) in [6.45, 7) is 0. The van der Waals surface area contributed by atoms with E-state index in [1.54, 1.807) is 0 Å². The van der Waals surface area contributed by atoms with Crippen LogP contribution in [0.2, 0.25) is 0 Å². The van der Waals surface area contributed by atoms with Gasteiger partial charge in [0.1, 0.15) is 0 Å². The Morgan fingerprint density at radius 3 is 1.17 bits per heavy atom. The van der Waals surface area contributed by atoms with E-state index in [4.69, 9.17) is 20.4 Å². The maximum atomic E-state index is 9.77. The van der Waals surface area contributed by atoms with Crippen LogP contribution in [-0.2, 0) is 9.59 Å². The van der Waals surface area contributed by atoms with E-state index in [1.807, 2.05) is 0 Å². The second-order valence-electron chi connectivity index (χ2n) is 1.57. The van der Waals surface area contributed by atoms with E-state index in [-0.39, 0.29) is 25.0 Å². The fraction of sp³-hybridized carbons (Fsp3) is 0.500. The number of carboxylic acids is 2. The summed E-state index contributed by atoms with van der Waals surface area (Å²) in [5, 5.41) is 32.5. The van der Waals surface area contributed by atoms with Crippen molar-refractivity contribution < 1.29 is 30.0 Å². The van der Waals surface area contributed by atoms with E-state index in [9.17, 15) is 9.59 Å². The molecule has 0 spiro atoms. The van der Waals surface area contributed by atoms with E-state index < -0.39 is 24.1 Å². The standard InChI is InChI=1S/C4H6O6.Li.H3N.H/c5-1(3(7)8)2(6)4(9)10;;;/h1-2,5-6H,(H,7,8)(H,9,10);;1H3;. The molecule has 8 heteroatoms. The normalized spacial score (nSPS) is 13.2. The Labute approximate surface area is 79.8 Å². The first-order chi connectivity index (χ1) is 4.46. The van der Waals surface area contributed by atoms with Gasteiger partial charge in [0.15, 0.2) is 12.2 Å². The molecule has 0 saturated carbocycles. The Balaban J connectivity index is -0.000000405. The summed E-state index contributed by atoms with van der Waals surface area (Å²) in [6.07, 6.45) is -4.53. The van der Waals surface area contributed by atoms with E-state index >= 15 is 0 Å². The number of hydrogen-bond donors (Lipinski definition) is 5. The number of aliphatic hydroxyl groups excluding tert-OH is 2. The van der Waals surface area contributed by atoms with Crippen LogP contribution in [0.25, 0.3) is 0 Å². The number of carboxylic acid groups (broad SMARTS) is 2. The van der Waals surface area contributed by atoms with Crippen LogP contribution in [0.4, 0.5) is 0 Å². The molecule has 0 saturated heterocycles. The average Bonchev–Trinajstić information content (AvgIpc) is 1.84. The van der Waals surface area contributed by atoms with Gasteiger partial charge in [0, 0.05) is 0 Å². The SMILES string of the molecule is N.O=C(O)C(O)C(O)C(=O)O.[LiH]. The van der Waals surface area contributed by atoms with Crippen LogP contribution in [0.15, 0.2) is 0 Å². The topological polar surface area (TPSA) is 150 Å². The molecule has 2 unspecified atom stereocenters. The third-order valence-corrected chi connectivity index (χ3v) is 0.805. The second-order valence-corrected chi connectivity index (χ2v) is 1.57. The second kappa shape index (κ2) is 7.09. The number of aliphatic carboxylic acids is 2. The Morgan fingerprint density at radius 2 is 1.08 bits per heavy atom. The molecule has 0 aliphatic rings. The van der Waals surface area contributed by atoms with E-state index in [2.05, 4.69) is 0 Å². The van der Waals surface area contributed by atoms with Crippen molar-refractivity contribution in [3.63, 3.8) is 0 Å². The van der Waals surface area contributed by atoms with Crippen molar-refractivity contribution in [3.8, 4) is 0 Å². The van der Waals surface area contributed by atoms with Crippen molar-refractivity contribution >= 4 is 30.8 Å². The summed E-state index contributed by atoms with van der Waals surface area (Å²) in [4.78, 5) is 19.5. The third kappa shape index (κ3) is 5.12. The zero-order valence-electron chi connectivity index (χ0n) is 5.47. The molecule has 68 valence electrons. The summed E-state index contributed by atoms with van der Waals surface area (Å²) in [5.74, 6) is -3.54. The van der Waals surface area contributed by atoms with Gasteiger partial charge in [-0.2, -0.15) is 0 Å². The summed E-state index contributed by atoms with van der Waals surface area (Å²) in [6, 6.07) is 0. The average molecular weight is 175 g/mol. The van der Waals surface area contributed by atoms with Gasteiger partial charge in [-0.15, -0.1) is 0 Å². The van der Waals surface area contributed by atoms with Crippen LogP contribution >= 0.6 is 0 Å². The first-order valence-electron chi connectivity index (χ1n) is 2.28. The molecule has 0 fully saturated rings. The molecule has 0 aliphatic carbocycles. The molecule has 7 nitrogen and oxygen atoms in total. The van der Waals surface area contributed by atoms with E-state index in [0.717, 1.165) is 0 Å². The molecule has 0 amide bonds. The van der Waals surface area contributed by atoms with E-state index in [1.165, 1.54) is 0 Å². The Morgan fingerprint density at radius 1 is 0.917 bits per heavy atom. The summed E-state index contributed by atoms with van der Waals surface area (Å²) in [5.41, 5.74) is 0. The van der Waals surface area contributed by atoms with Crippen molar-refractivity contribution in [1.29, 1.82) is 0 Å². The van der Waals surface area contributed by atoms with Crippen LogP contribution in [-0.4, -0.2) is 63.4 Å². The molecule has 0 bridgehead atoms. The summed E-state index contributed by atoms with van der Waals surface area (Å²) in [7, 11) is 0. The number of rotatable bonds is 3. The molecular formula is C4H10LiNO6.